The molecular weight excluding hydrogens is 196 g/mol. The maximum Gasteiger partial charge on any atom is 0.146 e. The van der Waals surface area contributed by atoms with E-state index in [9.17, 15) is 4.79 Å². The fourth-order valence-electron chi connectivity index (χ4n) is 1.05. The minimum atomic E-state index is 0.207. The molecular formula is C11H22O4. The standard InChI is InChI=1S/C11H22O4/c1-11(12)6-5-9-15-10-14-8-4-3-7-13-2/h3-10H2,1-2H3. The summed E-state index contributed by atoms with van der Waals surface area (Å²) in [5, 5.41) is 0. The lowest BCUT2D eigenvalue weighted by atomic mass is 10.2. The van der Waals surface area contributed by atoms with Crippen LogP contribution in [-0.2, 0) is 19.0 Å². The minimum Gasteiger partial charge on any atom is -0.385 e. The number of methoxy groups -OCH3 is 1. The van der Waals surface area contributed by atoms with Crippen molar-refractivity contribution >= 4 is 5.78 Å². The molecule has 0 rings (SSSR count). The Bertz CT molecular complexity index is 148. The summed E-state index contributed by atoms with van der Waals surface area (Å²) in [6.07, 6.45) is 3.38. The van der Waals surface area contributed by atoms with Crippen LogP contribution in [-0.4, -0.2) is 39.5 Å². The van der Waals surface area contributed by atoms with Crippen LogP contribution in [0.25, 0.3) is 0 Å². The monoisotopic (exact) mass is 218 g/mol. The van der Waals surface area contributed by atoms with Crippen molar-refractivity contribution < 1.29 is 19.0 Å². The quantitative estimate of drug-likeness (QED) is 0.391. The number of Topliss-reactive ketones (excluding diaryl/α,β-unsaturated/α-hetero) is 1. The van der Waals surface area contributed by atoms with Crippen LogP contribution in [0.3, 0.4) is 0 Å². The van der Waals surface area contributed by atoms with Gasteiger partial charge in [-0.3, -0.25) is 0 Å². The normalized spacial score (nSPS) is 10.5. The largest absolute Gasteiger partial charge is 0.385 e. The van der Waals surface area contributed by atoms with E-state index in [4.69, 9.17) is 14.2 Å². The van der Waals surface area contributed by atoms with Gasteiger partial charge in [-0.1, -0.05) is 0 Å². The highest BCUT2D eigenvalue weighted by atomic mass is 16.7. The fourth-order valence-corrected chi connectivity index (χ4v) is 1.05. The van der Waals surface area contributed by atoms with E-state index in [1.807, 2.05) is 0 Å². The van der Waals surface area contributed by atoms with Gasteiger partial charge in [0.25, 0.3) is 0 Å². The van der Waals surface area contributed by atoms with Gasteiger partial charge in [0.05, 0.1) is 0 Å². The van der Waals surface area contributed by atoms with E-state index in [2.05, 4.69) is 0 Å². The van der Waals surface area contributed by atoms with Gasteiger partial charge >= 0.3 is 0 Å². The van der Waals surface area contributed by atoms with Gasteiger partial charge in [0, 0.05) is 33.4 Å². The molecule has 0 bridgehead atoms. The predicted octanol–water partition coefficient (Wildman–Crippen LogP) is 1.77. The SMILES string of the molecule is COCCCCOCOCCCC(C)=O. The summed E-state index contributed by atoms with van der Waals surface area (Å²) in [5.74, 6) is 0.207. The van der Waals surface area contributed by atoms with Crippen LogP contribution in [0.15, 0.2) is 0 Å². The Hall–Kier alpha value is -0.450. The van der Waals surface area contributed by atoms with E-state index in [0.29, 0.717) is 26.4 Å². The van der Waals surface area contributed by atoms with Crippen LogP contribution >= 0.6 is 0 Å². The summed E-state index contributed by atoms with van der Waals surface area (Å²) in [7, 11) is 1.69. The first-order chi connectivity index (χ1) is 7.27. The lowest BCUT2D eigenvalue weighted by Gasteiger charge is -2.05. The zero-order valence-electron chi connectivity index (χ0n) is 9.79. The third-order valence-electron chi connectivity index (χ3n) is 1.87. The third kappa shape index (κ3) is 13.6. The molecule has 0 unspecified atom stereocenters. The maximum atomic E-state index is 10.6. The molecule has 90 valence electrons. The molecule has 0 aliphatic rings. The first kappa shape index (κ1) is 14.6. The van der Waals surface area contributed by atoms with Gasteiger partial charge in [-0.05, 0) is 26.2 Å². The van der Waals surface area contributed by atoms with Gasteiger partial charge in [0.2, 0.25) is 0 Å². The van der Waals surface area contributed by atoms with Crippen LogP contribution in [0.1, 0.15) is 32.6 Å². The molecule has 0 radical (unpaired) electrons. The predicted molar refractivity (Wildman–Crippen MR) is 57.8 cm³/mol. The van der Waals surface area contributed by atoms with E-state index < -0.39 is 0 Å². The van der Waals surface area contributed by atoms with Crippen molar-refractivity contribution in [1.82, 2.24) is 0 Å². The molecule has 0 aromatic carbocycles. The molecule has 0 spiro atoms. The van der Waals surface area contributed by atoms with Gasteiger partial charge in [-0.25, -0.2) is 0 Å². The third-order valence-corrected chi connectivity index (χ3v) is 1.87. The average molecular weight is 218 g/mol. The van der Waals surface area contributed by atoms with Crippen molar-refractivity contribution in [3.05, 3.63) is 0 Å². The lowest BCUT2D eigenvalue weighted by Crippen LogP contribution is -2.04. The van der Waals surface area contributed by atoms with Crippen molar-refractivity contribution in [1.29, 1.82) is 0 Å². The molecule has 0 saturated heterocycles. The molecule has 4 heteroatoms. The lowest BCUT2D eigenvalue weighted by molar-refractivity contribution is -0.117. The molecule has 4 nitrogen and oxygen atoms in total. The second-order valence-electron chi connectivity index (χ2n) is 3.44. The van der Waals surface area contributed by atoms with Gasteiger partial charge in [0.1, 0.15) is 12.6 Å². The number of carbonyl (C=O) groups is 1. The topological polar surface area (TPSA) is 44.8 Å². The summed E-state index contributed by atoms with van der Waals surface area (Å²) >= 11 is 0. The minimum absolute atomic E-state index is 0.207. The Morgan fingerprint density at radius 2 is 1.60 bits per heavy atom. The van der Waals surface area contributed by atoms with Gasteiger partial charge in [-0.2, -0.15) is 0 Å². The molecule has 0 N–H and O–H groups in total. The Morgan fingerprint density at radius 1 is 1.00 bits per heavy atom. The highest BCUT2D eigenvalue weighted by Gasteiger charge is 1.94. The van der Waals surface area contributed by atoms with Crippen molar-refractivity contribution in [2.75, 3.05) is 33.7 Å². The van der Waals surface area contributed by atoms with Crippen LogP contribution in [0, 0.1) is 0 Å². The van der Waals surface area contributed by atoms with Gasteiger partial charge < -0.3 is 19.0 Å². The van der Waals surface area contributed by atoms with Gasteiger partial charge in [0.15, 0.2) is 0 Å². The van der Waals surface area contributed by atoms with E-state index in [0.717, 1.165) is 25.9 Å². The van der Waals surface area contributed by atoms with Crippen LogP contribution in [0.4, 0.5) is 0 Å². The molecule has 0 aliphatic heterocycles. The number of hydrogen-bond donors (Lipinski definition) is 0. The number of rotatable bonds is 11. The Balaban J connectivity index is 2.89. The molecule has 0 aromatic rings. The molecule has 0 saturated carbocycles. The van der Waals surface area contributed by atoms with Crippen LogP contribution in [0.5, 0.6) is 0 Å². The summed E-state index contributed by atoms with van der Waals surface area (Å²) in [6, 6.07) is 0. The van der Waals surface area contributed by atoms with E-state index >= 15 is 0 Å². The summed E-state index contributed by atoms with van der Waals surface area (Å²) in [5.41, 5.74) is 0. The van der Waals surface area contributed by atoms with Crippen molar-refractivity contribution in [2.45, 2.75) is 32.6 Å². The zero-order chi connectivity index (χ0) is 11.4. The molecule has 0 fully saturated rings. The summed E-state index contributed by atoms with van der Waals surface area (Å²) in [6.45, 7) is 3.99. The zero-order valence-corrected chi connectivity index (χ0v) is 9.79. The first-order valence-electron chi connectivity index (χ1n) is 5.41. The number of carbonyl (C=O) groups excluding carboxylic acids is 1. The highest BCUT2D eigenvalue weighted by molar-refractivity contribution is 5.75. The maximum absolute atomic E-state index is 10.6. The number of unbranched alkanes of at least 4 members (excludes halogenated alkanes) is 1. The fraction of sp³-hybridized carbons (Fsp3) is 0.909. The number of hydrogen-bond acceptors (Lipinski definition) is 4. The van der Waals surface area contributed by atoms with E-state index in [-0.39, 0.29) is 5.78 Å². The second kappa shape index (κ2) is 11.6. The average Bonchev–Trinajstić information content (AvgIpc) is 2.20. The van der Waals surface area contributed by atoms with Crippen molar-refractivity contribution in [2.24, 2.45) is 0 Å². The Labute approximate surface area is 91.9 Å². The molecule has 0 heterocycles. The molecule has 0 amide bonds. The first-order valence-corrected chi connectivity index (χ1v) is 5.41. The second-order valence-corrected chi connectivity index (χ2v) is 3.44. The van der Waals surface area contributed by atoms with Crippen LogP contribution < -0.4 is 0 Å². The van der Waals surface area contributed by atoms with Crippen molar-refractivity contribution in [3.63, 3.8) is 0 Å². The Morgan fingerprint density at radius 3 is 2.20 bits per heavy atom. The Kier molecular flexibility index (Phi) is 11.3. The summed E-state index contributed by atoms with van der Waals surface area (Å²) < 4.78 is 15.3. The van der Waals surface area contributed by atoms with Gasteiger partial charge in [-0.15, -0.1) is 0 Å². The molecule has 0 aliphatic carbocycles. The molecule has 15 heavy (non-hydrogen) atoms. The van der Waals surface area contributed by atoms with Crippen molar-refractivity contribution in [3.8, 4) is 0 Å². The molecule has 0 aromatic heterocycles. The van der Waals surface area contributed by atoms with E-state index in [1.165, 1.54) is 0 Å². The van der Waals surface area contributed by atoms with Crippen LogP contribution in [0.2, 0.25) is 0 Å². The number of ketones is 1. The highest BCUT2D eigenvalue weighted by Crippen LogP contribution is 1.93. The van der Waals surface area contributed by atoms with E-state index in [1.54, 1.807) is 14.0 Å². The smallest absolute Gasteiger partial charge is 0.146 e. The summed E-state index contributed by atoms with van der Waals surface area (Å²) in [4.78, 5) is 10.6. The molecule has 0 atom stereocenters. The number of ether oxygens (including phenoxy) is 3.